The lowest BCUT2D eigenvalue weighted by molar-refractivity contribution is 0.187. The van der Waals surface area contributed by atoms with Gasteiger partial charge in [0, 0.05) is 12.8 Å². The molecule has 0 radical (unpaired) electrons. The van der Waals surface area contributed by atoms with E-state index in [-0.39, 0.29) is 0 Å². The Hall–Kier alpha value is -0.0900. The first-order chi connectivity index (χ1) is 7.29. The molecule has 0 aromatic heterocycles. The van der Waals surface area contributed by atoms with Crippen LogP contribution < -0.4 is 5.32 Å². The molecule has 1 spiro atoms. The first-order valence-corrected chi connectivity index (χ1v) is 8.08. The number of rotatable bonds is 5. The molecule has 0 bridgehead atoms. The monoisotopic (exact) mass is 245 g/mol. The molecule has 2 saturated carbocycles. The molecule has 2 aliphatic rings. The summed E-state index contributed by atoms with van der Waals surface area (Å²) in [6.07, 6.45) is 5.68. The normalized spacial score (nSPS) is 25.8. The van der Waals surface area contributed by atoms with Crippen molar-refractivity contribution < 1.29 is 8.42 Å². The maximum atomic E-state index is 11.9. The highest BCUT2D eigenvalue weighted by Crippen LogP contribution is 2.66. The Bertz CT molecular complexity index is 360. The van der Waals surface area contributed by atoms with Crippen LogP contribution in [0.25, 0.3) is 0 Å². The van der Waals surface area contributed by atoms with E-state index in [0.717, 1.165) is 19.4 Å². The average molecular weight is 245 g/mol. The minimum atomic E-state index is -2.92. The lowest BCUT2D eigenvalue weighted by Crippen LogP contribution is -2.57. The Kier molecular flexibility index (Phi) is 2.86. The second-order valence-corrected chi connectivity index (χ2v) is 8.74. The van der Waals surface area contributed by atoms with E-state index in [1.165, 1.54) is 19.1 Å². The topological polar surface area (TPSA) is 46.2 Å². The van der Waals surface area contributed by atoms with Crippen LogP contribution in [0.2, 0.25) is 0 Å². The lowest BCUT2D eigenvalue weighted by atomic mass is 9.71. The summed E-state index contributed by atoms with van der Waals surface area (Å²) in [6.45, 7) is 5.84. The van der Waals surface area contributed by atoms with Crippen LogP contribution in [0.3, 0.4) is 0 Å². The van der Waals surface area contributed by atoms with Gasteiger partial charge in [0.1, 0.15) is 0 Å². The van der Waals surface area contributed by atoms with Gasteiger partial charge in [-0.1, -0.05) is 13.8 Å². The third kappa shape index (κ3) is 2.14. The van der Waals surface area contributed by atoms with E-state index >= 15 is 0 Å². The summed E-state index contributed by atoms with van der Waals surface area (Å²) >= 11 is 0. The highest BCUT2D eigenvalue weighted by atomic mass is 32.2. The van der Waals surface area contributed by atoms with Gasteiger partial charge in [-0.25, -0.2) is 8.42 Å². The Labute approximate surface area is 98.9 Å². The van der Waals surface area contributed by atoms with E-state index in [1.807, 2.05) is 0 Å². The Morgan fingerprint density at radius 3 is 2.19 bits per heavy atom. The molecule has 2 rings (SSSR count). The number of hydrogen-bond acceptors (Lipinski definition) is 3. The van der Waals surface area contributed by atoms with Gasteiger partial charge in [-0.15, -0.1) is 0 Å². The van der Waals surface area contributed by atoms with Gasteiger partial charge in [0.2, 0.25) is 0 Å². The summed E-state index contributed by atoms with van der Waals surface area (Å²) in [5, 5.41) is 3.32. The van der Waals surface area contributed by atoms with E-state index in [0.29, 0.717) is 17.9 Å². The van der Waals surface area contributed by atoms with E-state index < -0.39 is 14.6 Å². The van der Waals surface area contributed by atoms with Gasteiger partial charge in [0.15, 0.2) is 9.84 Å². The Morgan fingerprint density at radius 1 is 1.25 bits per heavy atom. The van der Waals surface area contributed by atoms with Crippen molar-refractivity contribution in [2.75, 3.05) is 19.3 Å². The molecule has 0 amide bonds. The molecule has 3 nitrogen and oxygen atoms in total. The lowest BCUT2D eigenvalue weighted by Gasteiger charge is -2.47. The summed E-state index contributed by atoms with van der Waals surface area (Å²) in [4.78, 5) is 0. The summed E-state index contributed by atoms with van der Waals surface area (Å²) in [6, 6.07) is 0. The predicted octanol–water partition coefficient (Wildman–Crippen LogP) is 1.59. The molecule has 2 aliphatic carbocycles. The zero-order chi connectivity index (χ0) is 12.0. The van der Waals surface area contributed by atoms with Crippen molar-refractivity contribution in [3.8, 4) is 0 Å². The standard InChI is InChI=1S/C12H23NO2S/c1-10(2)6-13-9-12(16(3,14)15)7-11(8-12)4-5-11/h10,13H,4-9H2,1-3H3. The van der Waals surface area contributed by atoms with E-state index in [2.05, 4.69) is 19.2 Å². The summed E-state index contributed by atoms with van der Waals surface area (Å²) in [5.74, 6) is 0.576. The fraction of sp³-hybridized carbons (Fsp3) is 1.00. The van der Waals surface area contributed by atoms with Gasteiger partial charge < -0.3 is 5.32 Å². The molecular formula is C12H23NO2S. The van der Waals surface area contributed by atoms with Crippen molar-refractivity contribution in [3.63, 3.8) is 0 Å². The van der Waals surface area contributed by atoms with Gasteiger partial charge in [-0.05, 0) is 43.6 Å². The minimum absolute atomic E-state index is 0.433. The van der Waals surface area contributed by atoms with Crippen molar-refractivity contribution in [2.45, 2.75) is 44.3 Å². The zero-order valence-electron chi connectivity index (χ0n) is 10.5. The third-order valence-corrected chi connectivity index (χ3v) is 6.14. The molecule has 0 saturated heterocycles. The van der Waals surface area contributed by atoms with Crippen LogP contribution in [0.15, 0.2) is 0 Å². The molecule has 0 aromatic rings. The second kappa shape index (κ2) is 3.70. The largest absolute Gasteiger partial charge is 0.315 e. The smallest absolute Gasteiger partial charge is 0.154 e. The fourth-order valence-electron chi connectivity index (χ4n) is 2.95. The van der Waals surface area contributed by atoms with Crippen molar-refractivity contribution in [2.24, 2.45) is 11.3 Å². The quantitative estimate of drug-likeness (QED) is 0.800. The fourth-order valence-corrected chi connectivity index (χ4v) is 4.45. The number of nitrogens with one attached hydrogen (secondary N) is 1. The molecule has 0 aliphatic heterocycles. The van der Waals surface area contributed by atoms with Crippen LogP contribution in [-0.4, -0.2) is 32.5 Å². The van der Waals surface area contributed by atoms with Crippen molar-refractivity contribution in [1.29, 1.82) is 0 Å². The highest BCUT2D eigenvalue weighted by Gasteiger charge is 2.64. The maximum Gasteiger partial charge on any atom is 0.154 e. The number of hydrogen-bond donors (Lipinski definition) is 1. The molecule has 4 heteroatoms. The molecule has 0 aromatic carbocycles. The first-order valence-electron chi connectivity index (χ1n) is 6.19. The Balaban J connectivity index is 1.95. The SMILES string of the molecule is CC(C)CNCC1(S(C)(=O)=O)CC2(CC2)C1. The van der Waals surface area contributed by atoms with Crippen molar-refractivity contribution in [3.05, 3.63) is 0 Å². The highest BCUT2D eigenvalue weighted by molar-refractivity contribution is 7.92. The molecular weight excluding hydrogens is 222 g/mol. The molecule has 94 valence electrons. The molecule has 0 atom stereocenters. The summed E-state index contributed by atoms with van der Waals surface area (Å²) < 4.78 is 23.3. The molecule has 1 N–H and O–H groups in total. The third-order valence-electron chi connectivity index (χ3n) is 4.14. The Morgan fingerprint density at radius 2 is 1.81 bits per heavy atom. The zero-order valence-corrected chi connectivity index (χ0v) is 11.4. The molecule has 2 fully saturated rings. The van der Waals surface area contributed by atoms with Crippen molar-refractivity contribution >= 4 is 9.84 Å². The van der Waals surface area contributed by atoms with Crippen LogP contribution in [0.4, 0.5) is 0 Å². The van der Waals surface area contributed by atoms with Gasteiger partial charge in [-0.3, -0.25) is 0 Å². The van der Waals surface area contributed by atoms with Gasteiger partial charge >= 0.3 is 0 Å². The first kappa shape index (κ1) is 12.4. The number of sulfone groups is 1. The average Bonchev–Trinajstić information content (AvgIpc) is 2.79. The van der Waals surface area contributed by atoms with Gasteiger partial charge in [-0.2, -0.15) is 0 Å². The molecule has 0 heterocycles. The van der Waals surface area contributed by atoms with Crippen LogP contribution in [0.5, 0.6) is 0 Å². The molecule has 0 unspecified atom stereocenters. The van der Waals surface area contributed by atoms with Gasteiger partial charge in [0.05, 0.1) is 4.75 Å². The van der Waals surface area contributed by atoms with Crippen LogP contribution in [-0.2, 0) is 9.84 Å². The summed E-state index contributed by atoms with van der Waals surface area (Å²) in [7, 11) is -2.92. The predicted molar refractivity (Wildman–Crippen MR) is 66.2 cm³/mol. The maximum absolute atomic E-state index is 11.9. The molecule has 16 heavy (non-hydrogen) atoms. The van der Waals surface area contributed by atoms with Crippen LogP contribution >= 0.6 is 0 Å². The second-order valence-electron chi connectivity index (χ2n) is 6.33. The minimum Gasteiger partial charge on any atom is -0.315 e. The van der Waals surface area contributed by atoms with E-state index in [1.54, 1.807) is 0 Å². The van der Waals surface area contributed by atoms with E-state index in [9.17, 15) is 8.42 Å². The van der Waals surface area contributed by atoms with Crippen molar-refractivity contribution in [1.82, 2.24) is 5.32 Å². The van der Waals surface area contributed by atoms with E-state index in [4.69, 9.17) is 0 Å². The van der Waals surface area contributed by atoms with Crippen LogP contribution in [0, 0.1) is 11.3 Å². The van der Waals surface area contributed by atoms with Crippen LogP contribution in [0.1, 0.15) is 39.5 Å². The summed E-state index contributed by atoms with van der Waals surface area (Å²) in [5.41, 5.74) is 0.433. The van der Waals surface area contributed by atoms with Gasteiger partial charge in [0.25, 0.3) is 0 Å².